The van der Waals surface area contributed by atoms with Crippen LogP contribution in [0, 0.1) is 5.92 Å². The number of carbonyl (C=O) groups excluding carboxylic acids is 1. The Bertz CT molecular complexity index is 493. The van der Waals surface area contributed by atoms with E-state index in [0.717, 1.165) is 25.2 Å². The van der Waals surface area contributed by atoms with E-state index in [1.807, 2.05) is 0 Å². The van der Waals surface area contributed by atoms with Crippen LogP contribution in [0.2, 0.25) is 5.02 Å². The first-order valence-electron chi connectivity index (χ1n) is 6.12. The van der Waals surface area contributed by atoms with Gasteiger partial charge in [-0.3, -0.25) is 4.79 Å². The van der Waals surface area contributed by atoms with Gasteiger partial charge in [0.1, 0.15) is 5.82 Å². The summed E-state index contributed by atoms with van der Waals surface area (Å²) in [4.78, 5) is 18.2. The fraction of sp³-hybridized carbons (Fsp3) is 0.500. The van der Waals surface area contributed by atoms with E-state index in [0.29, 0.717) is 17.3 Å². The number of anilines is 2. The van der Waals surface area contributed by atoms with Gasteiger partial charge in [-0.2, -0.15) is 0 Å². The number of aromatic nitrogens is 1. The molecule has 6 heteroatoms. The summed E-state index contributed by atoms with van der Waals surface area (Å²) in [7, 11) is 0. The molecule has 1 amide bonds. The molecule has 2 saturated heterocycles. The number of hydrogen-bond acceptors (Lipinski definition) is 4. The molecule has 0 aromatic carbocycles. The summed E-state index contributed by atoms with van der Waals surface area (Å²) in [5.74, 6) is 0.947. The van der Waals surface area contributed by atoms with Gasteiger partial charge in [0.15, 0.2) is 0 Å². The number of fused-ring (bicyclic) bond motifs is 1. The van der Waals surface area contributed by atoms with Crippen LogP contribution in [0.15, 0.2) is 12.3 Å². The lowest BCUT2D eigenvalue weighted by Crippen LogP contribution is -2.46. The van der Waals surface area contributed by atoms with Crippen molar-refractivity contribution in [3.8, 4) is 0 Å². The van der Waals surface area contributed by atoms with E-state index >= 15 is 0 Å². The molecule has 18 heavy (non-hydrogen) atoms. The first-order valence-corrected chi connectivity index (χ1v) is 6.50. The minimum atomic E-state index is 0.0640. The van der Waals surface area contributed by atoms with Crippen LogP contribution in [0.1, 0.15) is 12.8 Å². The highest BCUT2D eigenvalue weighted by Gasteiger charge is 2.41. The lowest BCUT2D eigenvalue weighted by atomic mass is 9.91. The SMILES string of the molecule is Nc1cnc(N2CCCC3C(=O)NCC32)c(Cl)c1. The molecule has 2 fully saturated rings. The molecule has 0 bridgehead atoms. The van der Waals surface area contributed by atoms with Gasteiger partial charge < -0.3 is 16.0 Å². The number of halogens is 1. The van der Waals surface area contributed by atoms with Crippen molar-refractivity contribution in [1.82, 2.24) is 10.3 Å². The van der Waals surface area contributed by atoms with Crippen molar-refractivity contribution in [3.05, 3.63) is 17.3 Å². The summed E-state index contributed by atoms with van der Waals surface area (Å²) in [5, 5.41) is 3.47. The Morgan fingerprint density at radius 3 is 3.17 bits per heavy atom. The zero-order chi connectivity index (χ0) is 12.7. The quantitative estimate of drug-likeness (QED) is 0.797. The number of pyridine rings is 1. The Kier molecular flexibility index (Phi) is 2.78. The van der Waals surface area contributed by atoms with E-state index in [9.17, 15) is 4.79 Å². The Morgan fingerprint density at radius 2 is 2.39 bits per heavy atom. The largest absolute Gasteiger partial charge is 0.397 e. The highest BCUT2D eigenvalue weighted by atomic mass is 35.5. The number of amides is 1. The van der Waals surface area contributed by atoms with Gasteiger partial charge in [0.05, 0.1) is 28.9 Å². The van der Waals surface area contributed by atoms with Gasteiger partial charge in [0.2, 0.25) is 5.91 Å². The number of hydrogen-bond donors (Lipinski definition) is 2. The minimum absolute atomic E-state index is 0.0640. The molecule has 0 saturated carbocycles. The molecular formula is C12H15ClN4O. The summed E-state index contributed by atoms with van der Waals surface area (Å²) in [6.45, 7) is 1.55. The number of nitrogens with zero attached hydrogens (tertiary/aromatic N) is 2. The second-order valence-corrected chi connectivity index (χ2v) is 5.24. The van der Waals surface area contributed by atoms with Crippen molar-refractivity contribution >= 4 is 29.0 Å². The summed E-state index contributed by atoms with van der Waals surface area (Å²) >= 11 is 6.20. The van der Waals surface area contributed by atoms with E-state index in [4.69, 9.17) is 17.3 Å². The van der Waals surface area contributed by atoms with Gasteiger partial charge in [-0.25, -0.2) is 4.98 Å². The summed E-state index contributed by atoms with van der Waals surface area (Å²) in [5.41, 5.74) is 6.21. The van der Waals surface area contributed by atoms with E-state index in [2.05, 4.69) is 15.2 Å². The molecule has 3 heterocycles. The summed E-state index contributed by atoms with van der Waals surface area (Å²) in [6.07, 6.45) is 3.53. The molecule has 0 spiro atoms. The normalized spacial score (nSPS) is 26.9. The Labute approximate surface area is 110 Å². The zero-order valence-corrected chi connectivity index (χ0v) is 10.7. The average molecular weight is 267 g/mol. The molecule has 96 valence electrons. The highest BCUT2D eigenvalue weighted by Crippen LogP contribution is 2.34. The third-order valence-electron chi connectivity index (χ3n) is 3.72. The Balaban J connectivity index is 1.93. The molecule has 0 aliphatic carbocycles. The van der Waals surface area contributed by atoms with Gasteiger partial charge >= 0.3 is 0 Å². The monoisotopic (exact) mass is 266 g/mol. The van der Waals surface area contributed by atoms with Gasteiger partial charge in [0, 0.05) is 13.1 Å². The smallest absolute Gasteiger partial charge is 0.225 e. The zero-order valence-electron chi connectivity index (χ0n) is 9.90. The molecule has 2 unspecified atom stereocenters. The third-order valence-corrected chi connectivity index (χ3v) is 3.99. The van der Waals surface area contributed by atoms with Crippen molar-refractivity contribution in [2.45, 2.75) is 18.9 Å². The molecule has 3 rings (SSSR count). The fourth-order valence-electron chi connectivity index (χ4n) is 2.87. The molecule has 1 aromatic rings. The van der Waals surface area contributed by atoms with Crippen LogP contribution in [0.25, 0.3) is 0 Å². The minimum Gasteiger partial charge on any atom is -0.397 e. The number of nitrogens with one attached hydrogen (secondary N) is 1. The van der Waals surface area contributed by atoms with Crippen LogP contribution < -0.4 is 16.0 Å². The first-order chi connectivity index (χ1) is 8.66. The second kappa shape index (κ2) is 4.31. The first kappa shape index (κ1) is 11.6. The standard InChI is InChI=1S/C12H15ClN4O/c13-9-4-7(14)5-15-11(9)17-3-1-2-8-10(17)6-16-12(8)18/h4-5,8,10H,1-3,6,14H2,(H,16,18). The van der Waals surface area contributed by atoms with Crippen molar-refractivity contribution in [3.63, 3.8) is 0 Å². The van der Waals surface area contributed by atoms with Crippen LogP contribution in [0.5, 0.6) is 0 Å². The van der Waals surface area contributed by atoms with Crippen molar-refractivity contribution in [2.24, 2.45) is 5.92 Å². The maximum absolute atomic E-state index is 11.7. The Morgan fingerprint density at radius 1 is 1.56 bits per heavy atom. The third kappa shape index (κ3) is 1.79. The van der Waals surface area contributed by atoms with Gasteiger partial charge in [-0.05, 0) is 18.9 Å². The summed E-state index contributed by atoms with van der Waals surface area (Å²) < 4.78 is 0. The van der Waals surface area contributed by atoms with Crippen molar-refractivity contribution in [1.29, 1.82) is 0 Å². The van der Waals surface area contributed by atoms with Crippen LogP contribution in [-0.4, -0.2) is 30.0 Å². The number of piperidine rings is 1. The molecule has 5 nitrogen and oxygen atoms in total. The van der Waals surface area contributed by atoms with Crippen molar-refractivity contribution in [2.75, 3.05) is 23.7 Å². The number of nitrogen functional groups attached to an aromatic ring is 1. The van der Waals surface area contributed by atoms with Crippen LogP contribution >= 0.6 is 11.6 Å². The number of carbonyl (C=O) groups is 1. The lowest BCUT2D eigenvalue weighted by molar-refractivity contribution is -0.122. The van der Waals surface area contributed by atoms with E-state index in [-0.39, 0.29) is 17.9 Å². The van der Waals surface area contributed by atoms with Crippen LogP contribution in [0.4, 0.5) is 11.5 Å². The average Bonchev–Trinajstić information content (AvgIpc) is 2.72. The molecule has 2 atom stereocenters. The number of nitrogens with two attached hydrogens (primary N) is 1. The summed E-state index contributed by atoms with van der Waals surface area (Å²) in [6, 6.07) is 1.87. The molecule has 0 radical (unpaired) electrons. The lowest BCUT2D eigenvalue weighted by Gasteiger charge is -2.37. The second-order valence-electron chi connectivity index (χ2n) is 4.83. The van der Waals surface area contributed by atoms with E-state index in [1.54, 1.807) is 12.3 Å². The molecule has 2 aliphatic rings. The fourth-order valence-corrected chi connectivity index (χ4v) is 3.15. The van der Waals surface area contributed by atoms with Crippen LogP contribution in [-0.2, 0) is 4.79 Å². The highest BCUT2D eigenvalue weighted by molar-refractivity contribution is 6.33. The maximum Gasteiger partial charge on any atom is 0.225 e. The Hall–Kier alpha value is -1.49. The number of rotatable bonds is 1. The molecule has 1 aromatic heterocycles. The van der Waals surface area contributed by atoms with Crippen LogP contribution in [0.3, 0.4) is 0 Å². The topological polar surface area (TPSA) is 71.2 Å². The molecule has 2 aliphatic heterocycles. The molecule has 3 N–H and O–H groups in total. The van der Waals surface area contributed by atoms with Gasteiger partial charge in [0.25, 0.3) is 0 Å². The maximum atomic E-state index is 11.7. The predicted molar refractivity (Wildman–Crippen MR) is 70.5 cm³/mol. The van der Waals surface area contributed by atoms with E-state index in [1.165, 1.54) is 0 Å². The van der Waals surface area contributed by atoms with E-state index < -0.39 is 0 Å². The predicted octanol–water partition coefficient (Wildman–Crippen LogP) is 1.03. The van der Waals surface area contributed by atoms with Gasteiger partial charge in [-0.15, -0.1) is 0 Å². The van der Waals surface area contributed by atoms with Crippen molar-refractivity contribution < 1.29 is 4.79 Å². The molecular weight excluding hydrogens is 252 g/mol. The van der Waals surface area contributed by atoms with Gasteiger partial charge in [-0.1, -0.05) is 11.6 Å².